The van der Waals surface area contributed by atoms with Gasteiger partial charge in [0.05, 0.1) is 23.0 Å². The molecule has 0 spiro atoms. The van der Waals surface area contributed by atoms with Crippen molar-refractivity contribution in [2.24, 2.45) is 0 Å². The molecule has 6 heteroatoms. The van der Waals surface area contributed by atoms with E-state index in [2.05, 4.69) is 6.92 Å². The number of epoxide rings is 1. The number of hydrogen-bond donors (Lipinski definition) is 0. The van der Waals surface area contributed by atoms with Crippen LogP contribution in [0.15, 0.2) is 58.3 Å². The first-order valence-electron chi connectivity index (χ1n) is 8.92. The molecule has 0 radical (unpaired) electrons. The summed E-state index contributed by atoms with van der Waals surface area (Å²) in [7, 11) is -3.56. The molecule has 0 aliphatic carbocycles. The number of benzene rings is 2. The fraction of sp³-hybridized carbons (Fsp3) is 0.400. The lowest BCUT2D eigenvalue weighted by Crippen LogP contribution is -2.05. The number of unbranched alkanes of at least 4 members (excludes halogenated alkanes) is 2. The van der Waals surface area contributed by atoms with Gasteiger partial charge < -0.3 is 14.2 Å². The second-order valence-corrected chi connectivity index (χ2v) is 8.22. The van der Waals surface area contributed by atoms with Crippen LogP contribution >= 0.6 is 0 Å². The van der Waals surface area contributed by atoms with Crippen LogP contribution in [0.2, 0.25) is 0 Å². The molecule has 1 fully saturated rings. The Morgan fingerprint density at radius 1 is 0.923 bits per heavy atom. The monoisotopic (exact) mass is 376 g/mol. The van der Waals surface area contributed by atoms with Gasteiger partial charge in [0, 0.05) is 0 Å². The van der Waals surface area contributed by atoms with Crippen molar-refractivity contribution in [2.75, 3.05) is 19.8 Å². The van der Waals surface area contributed by atoms with Crippen LogP contribution in [-0.2, 0) is 14.6 Å². The van der Waals surface area contributed by atoms with Crippen molar-refractivity contribution in [1.29, 1.82) is 0 Å². The third-order valence-electron chi connectivity index (χ3n) is 4.12. The molecule has 0 bridgehead atoms. The Balaban J connectivity index is 1.62. The smallest absolute Gasteiger partial charge is 0.206 e. The first-order valence-corrected chi connectivity index (χ1v) is 10.4. The van der Waals surface area contributed by atoms with Gasteiger partial charge >= 0.3 is 0 Å². The van der Waals surface area contributed by atoms with Gasteiger partial charge in [0.1, 0.15) is 24.2 Å². The maximum Gasteiger partial charge on any atom is 0.206 e. The maximum absolute atomic E-state index is 12.7. The molecule has 140 valence electrons. The molecule has 2 aromatic carbocycles. The molecule has 1 unspecified atom stereocenters. The van der Waals surface area contributed by atoms with E-state index >= 15 is 0 Å². The third kappa shape index (κ3) is 4.99. The second-order valence-electron chi connectivity index (χ2n) is 6.27. The van der Waals surface area contributed by atoms with Crippen molar-refractivity contribution in [3.63, 3.8) is 0 Å². The van der Waals surface area contributed by atoms with E-state index in [1.54, 1.807) is 48.5 Å². The Morgan fingerprint density at radius 3 is 1.96 bits per heavy atom. The van der Waals surface area contributed by atoms with E-state index in [9.17, 15) is 8.42 Å². The molecule has 2 aromatic rings. The molecule has 0 saturated carbocycles. The third-order valence-corrected chi connectivity index (χ3v) is 5.91. The van der Waals surface area contributed by atoms with Crippen molar-refractivity contribution in [2.45, 2.75) is 42.1 Å². The van der Waals surface area contributed by atoms with E-state index in [1.165, 1.54) is 0 Å². The molecule has 1 aliphatic rings. The van der Waals surface area contributed by atoms with Crippen molar-refractivity contribution in [3.05, 3.63) is 48.5 Å². The lowest BCUT2D eigenvalue weighted by molar-refractivity contribution is 0.263. The van der Waals surface area contributed by atoms with Gasteiger partial charge in [0.25, 0.3) is 0 Å². The van der Waals surface area contributed by atoms with E-state index in [1.807, 2.05) is 0 Å². The highest BCUT2D eigenvalue weighted by atomic mass is 32.2. The van der Waals surface area contributed by atoms with Crippen LogP contribution in [0, 0.1) is 0 Å². The first-order chi connectivity index (χ1) is 12.6. The Bertz CT molecular complexity index is 793. The van der Waals surface area contributed by atoms with E-state index in [0.717, 1.165) is 25.9 Å². The molecule has 1 saturated heterocycles. The van der Waals surface area contributed by atoms with Gasteiger partial charge in [-0.2, -0.15) is 0 Å². The molecular formula is C20H24O5S. The quantitative estimate of drug-likeness (QED) is 0.465. The molecule has 1 aliphatic heterocycles. The van der Waals surface area contributed by atoms with Gasteiger partial charge in [0.2, 0.25) is 9.84 Å². The Labute approximate surface area is 154 Å². The van der Waals surface area contributed by atoms with Crippen molar-refractivity contribution in [3.8, 4) is 11.5 Å². The van der Waals surface area contributed by atoms with Crippen molar-refractivity contribution >= 4 is 9.84 Å². The summed E-state index contributed by atoms with van der Waals surface area (Å²) in [5.74, 6) is 1.32. The van der Waals surface area contributed by atoms with Crippen LogP contribution in [0.4, 0.5) is 0 Å². The Kier molecular flexibility index (Phi) is 6.16. The summed E-state index contributed by atoms with van der Waals surface area (Å²) in [5.41, 5.74) is 0. The molecule has 1 heterocycles. The molecule has 26 heavy (non-hydrogen) atoms. The minimum absolute atomic E-state index is 0.168. The summed E-state index contributed by atoms with van der Waals surface area (Å²) in [5, 5.41) is 0. The zero-order valence-electron chi connectivity index (χ0n) is 14.9. The second kappa shape index (κ2) is 8.56. The van der Waals surface area contributed by atoms with Crippen molar-refractivity contribution < 1.29 is 22.6 Å². The highest BCUT2D eigenvalue weighted by Crippen LogP contribution is 2.25. The van der Waals surface area contributed by atoms with Crippen LogP contribution in [0.25, 0.3) is 0 Å². The van der Waals surface area contributed by atoms with Gasteiger partial charge in [-0.15, -0.1) is 0 Å². The number of hydrogen-bond acceptors (Lipinski definition) is 5. The number of ether oxygens (including phenoxy) is 3. The highest BCUT2D eigenvalue weighted by Gasteiger charge is 2.23. The minimum atomic E-state index is -3.56. The fourth-order valence-corrected chi connectivity index (χ4v) is 3.72. The van der Waals surface area contributed by atoms with E-state index in [-0.39, 0.29) is 15.9 Å². The number of rotatable bonds is 10. The SMILES string of the molecule is CCCCCOc1ccc(S(=O)(=O)c2ccc(OCC3CO3)cc2)cc1. The van der Waals surface area contributed by atoms with Crippen LogP contribution in [0.3, 0.4) is 0 Å². The van der Waals surface area contributed by atoms with Crippen molar-refractivity contribution in [1.82, 2.24) is 0 Å². The van der Waals surface area contributed by atoms with Crippen LogP contribution < -0.4 is 9.47 Å². The van der Waals surface area contributed by atoms with Crippen LogP contribution in [0.5, 0.6) is 11.5 Å². The summed E-state index contributed by atoms with van der Waals surface area (Å²) in [6, 6.07) is 13.0. The molecule has 0 aromatic heterocycles. The van der Waals surface area contributed by atoms with Gasteiger partial charge in [-0.25, -0.2) is 8.42 Å². The van der Waals surface area contributed by atoms with Crippen LogP contribution in [0.1, 0.15) is 26.2 Å². The average Bonchev–Trinajstić information content (AvgIpc) is 3.49. The topological polar surface area (TPSA) is 65.1 Å². The van der Waals surface area contributed by atoms with Crippen LogP contribution in [-0.4, -0.2) is 34.3 Å². The predicted octanol–water partition coefficient (Wildman–Crippen LogP) is 3.87. The predicted molar refractivity (Wildman–Crippen MR) is 98.6 cm³/mol. The Morgan fingerprint density at radius 2 is 1.46 bits per heavy atom. The molecule has 3 rings (SSSR count). The molecule has 5 nitrogen and oxygen atoms in total. The largest absolute Gasteiger partial charge is 0.494 e. The summed E-state index contributed by atoms with van der Waals surface area (Å²) < 4.78 is 41.7. The minimum Gasteiger partial charge on any atom is -0.494 e. The summed E-state index contributed by atoms with van der Waals surface area (Å²) in [6.07, 6.45) is 3.43. The molecular weight excluding hydrogens is 352 g/mol. The standard InChI is InChI=1S/C20H24O5S/c1-2-3-4-13-23-16-5-9-19(10-6-16)26(21,22)20-11-7-17(8-12-20)24-14-18-15-25-18/h5-12,18H,2-4,13-15H2,1H3. The lowest BCUT2D eigenvalue weighted by Gasteiger charge is -2.09. The summed E-state index contributed by atoms with van der Waals surface area (Å²) in [6.45, 7) is 4.00. The lowest BCUT2D eigenvalue weighted by atomic mass is 10.3. The van der Waals surface area contributed by atoms with E-state index < -0.39 is 9.84 Å². The molecule has 1 atom stereocenters. The number of sulfone groups is 1. The summed E-state index contributed by atoms with van der Waals surface area (Å²) >= 11 is 0. The molecule has 0 amide bonds. The van der Waals surface area contributed by atoms with Gasteiger partial charge in [0.15, 0.2) is 0 Å². The first kappa shape index (κ1) is 18.7. The zero-order chi connectivity index (χ0) is 18.4. The van der Waals surface area contributed by atoms with Gasteiger partial charge in [-0.1, -0.05) is 19.8 Å². The van der Waals surface area contributed by atoms with E-state index in [0.29, 0.717) is 24.7 Å². The van der Waals surface area contributed by atoms with Gasteiger partial charge in [-0.3, -0.25) is 0 Å². The maximum atomic E-state index is 12.7. The summed E-state index contributed by atoms with van der Waals surface area (Å²) in [4.78, 5) is 0.489. The zero-order valence-corrected chi connectivity index (χ0v) is 15.7. The van der Waals surface area contributed by atoms with E-state index in [4.69, 9.17) is 14.2 Å². The Hall–Kier alpha value is -2.05. The fourth-order valence-electron chi connectivity index (χ4n) is 2.46. The average molecular weight is 376 g/mol. The highest BCUT2D eigenvalue weighted by molar-refractivity contribution is 7.91. The normalized spacial score (nSPS) is 16.3. The van der Waals surface area contributed by atoms with Gasteiger partial charge in [-0.05, 0) is 55.0 Å². The molecule has 0 N–H and O–H groups in total.